The molecule has 2 aromatic rings. The molecule has 0 aliphatic heterocycles. The molecule has 0 radical (unpaired) electrons. The number of nitrogens with zero attached hydrogens (tertiary/aromatic N) is 1. The van der Waals surface area contributed by atoms with E-state index in [0.717, 1.165) is 5.56 Å². The molecule has 0 atom stereocenters. The minimum atomic E-state index is -0.280. The second-order valence-corrected chi connectivity index (χ2v) is 6.28. The van der Waals surface area contributed by atoms with Gasteiger partial charge >= 0.3 is 0 Å². The molecule has 7 heteroatoms. The van der Waals surface area contributed by atoms with Crippen molar-refractivity contribution in [2.45, 2.75) is 13.3 Å². The Balaban J connectivity index is 1.76. The first-order valence-electron chi connectivity index (χ1n) is 9.18. The number of likely N-dealkylation sites (N-methyl/N-ethyl adjacent to an activating group) is 1. The predicted octanol–water partition coefficient (Wildman–Crippen LogP) is 2.45. The maximum atomic E-state index is 12.9. The van der Waals surface area contributed by atoms with Crippen LogP contribution in [0.2, 0.25) is 0 Å². The number of carbonyl (C=O) groups is 2. The van der Waals surface area contributed by atoms with Gasteiger partial charge in [0.1, 0.15) is 11.6 Å². The maximum absolute atomic E-state index is 12.9. The number of anilines is 1. The van der Waals surface area contributed by atoms with Crippen LogP contribution in [0.3, 0.4) is 0 Å². The van der Waals surface area contributed by atoms with Gasteiger partial charge in [-0.25, -0.2) is 4.39 Å². The Morgan fingerprint density at radius 3 is 2.39 bits per heavy atom. The second kappa shape index (κ2) is 11.0. The Morgan fingerprint density at radius 1 is 1.04 bits per heavy atom. The molecule has 2 aromatic carbocycles. The molecular formula is C21H26FN3O3. The number of nitrogens with one attached hydrogen (secondary N) is 2. The number of methoxy groups -OCH3 is 1. The molecule has 2 N–H and O–H groups in total. The van der Waals surface area contributed by atoms with Crippen LogP contribution in [-0.4, -0.2) is 50.0 Å². The van der Waals surface area contributed by atoms with E-state index in [0.29, 0.717) is 30.9 Å². The summed E-state index contributed by atoms with van der Waals surface area (Å²) in [4.78, 5) is 26.2. The number of hydrogen-bond acceptors (Lipinski definition) is 4. The van der Waals surface area contributed by atoms with Crippen LogP contribution in [0.5, 0.6) is 5.75 Å². The molecular weight excluding hydrogens is 361 g/mol. The molecule has 2 amide bonds. The number of ether oxygens (including phenoxy) is 1. The quantitative estimate of drug-likeness (QED) is 0.657. The lowest BCUT2D eigenvalue weighted by Gasteiger charge is -2.19. The lowest BCUT2D eigenvalue weighted by molar-refractivity contribution is -0.123. The summed E-state index contributed by atoms with van der Waals surface area (Å²) in [6, 6.07) is 13.3. The van der Waals surface area contributed by atoms with Gasteiger partial charge in [0, 0.05) is 6.54 Å². The van der Waals surface area contributed by atoms with Crippen molar-refractivity contribution in [1.82, 2.24) is 10.2 Å². The number of rotatable bonds is 10. The van der Waals surface area contributed by atoms with Gasteiger partial charge in [0.05, 0.1) is 25.9 Å². The molecule has 0 aliphatic rings. The predicted molar refractivity (Wildman–Crippen MR) is 107 cm³/mol. The molecule has 28 heavy (non-hydrogen) atoms. The van der Waals surface area contributed by atoms with Crippen LogP contribution in [0.4, 0.5) is 10.1 Å². The minimum Gasteiger partial charge on any atom is -0.495 e. The van der Waals surface area contributed by atoms with E-state index in [1.807, 2.05) is 19.1 Å². The number of para-hydroxylation sites is 2. The average molecular weight is 387 g/mol. The third-order valence-electron chi connectivity index (χ3n) is 4.21. The summed E-state index contributed by atoms with van der Waals surface area (Å²) in [5.74, 6) is -0.0743. The van der Waals surface area contributed by atoms with E-state index >= 15 is 0 Å². The normalized spacial score (nSPS) is 10.6. The third kappa shape index (κ3) is 7.00. The van der Waals surface area contributed by atoms with E-state index in [1.54, 1.807) is 36.3 Å². The highest BCUT2D eigenvalue weighted by atomic mass is 19.1. The number of halogens is 1. The van der Waals surface area contributed by atoms with Gasteiger partial charge in [-0.3, -0.25) is 14.5 Å². The average Bonchev–Trinajstić information content (AvgIpc) is 2.69. The fraction of sp³-hybridized carbons (Fsp3) is 0.333. The van der Waals surface area contributed by atoms with Gasteiger partial charge in [0.25, 0.3) is 0 Å². The number of benzene rings is 2. The fourth-order valence-corrected chi connectivity index (χ4v) is 2.68. The number of amides is 2. The van der Waals surface area contributed by atoms with Crippen molar-refractivity contribution in [2.75, 3.05) is 38.6 Å². The van der Waals surface area contributed by atoms with Crippen molar-refractivity contribution in [3.05, 3.63) is 59.9 Å². The van der Waals surface area contributed by atoms with Crippen molar-refractivity contribution < 1.29 is 18.7 Å². The lowest BCUT2D eigenvalue weighted by atomic mass is 10.1. The Kier molecular flexibility index (Phi) is 8.42. The van der Waals surface area contributed by atoms with Crippen molar-refractivity contribution in [1.29, 1.82) is 0 Å². The Bertz CT molecular complexity index is 781. The van der Waals surface area contributed by atoms with Crippen LogP contribution in [0.1, 0.15) is 12.5 Å². The monoisotopic (exact) mass is 387 g/mol. The van der Waals surface area contributed by atoms with Gasteiger partial charge in [-0.2, -0.15) is 0 Å². The smallest absolute Gasteiger partial charge is 0.238 e. The number of hydrogen-bond donors (Lipinski definition) is 2. The van der Waals surface area contributed by atoms with E-state index in [2.05, 4.69) is 10.6 Å². The van der Waals surface area contributed by atoms with Crippen molar-refractivity contribution >= 4 is 17.5 Å². The highest BCUT2D eigenvalue weighted by molar-refractivity contribution is 5.94. The van der Waals surface area contributed by atoms with Crippen LogP contribution in [-0.2, 0) is 16.0 Å². The first-order chi connectivity index (χ1) is 13.5. The van der Waals surface area contributed by atoms with Crippen molar-refractivity contribution in [2.24, 2.45) is 0 Å². The molecule has 0 saturated heterocycles. The molecule has 0 aromatic heterocycles. The standard InChI is InChI=1S/C21H26FN3O3/c1-3-25(15-21(27)24-18-6-4-5-7-19(18)28-2)14-20(26)23-13-12-16-8-10-17(22)11-9-16/h4-11H,3,12-15H2,1-2H3,(H,23,26)(H,24,27). The van der Waals surface area contributed by atoms with Gasteiger partial charge in [0.15, 0.2) is 0 Å². The van der Waals surface area contributed by atoms with E-state index in [9.17, 15) is 14.0 Å². The molecule has 0 saturated carbocycles. The van der Waals surface area contributed by atoms with Crippen LogP contribution < -0.4 is 15.4 Å². The molecule has 0 aliphatic carbocycles. The van der Waals surface area contributed by atoms with Crippen LogP contribution >= 0.6 is 0 Å². The van der Waals surface area contributed by atoms with Gasteiger partial charge in [-0.05, 0) is 42.8 Å². The summed E-state index contributed by atoms with van der Waals surface area (Å²) < 4.78 is 18.1. The van der Waals surface area contributed by atoms with Gasteiger partial charge in [-0.1, -0.05) is 31.2 Å². The first-order valence-corrected chi connectivity index (χ1v) is 9.18. The summed E-state index contributed by atoms with van der Waals surface area (Å²) >= 11 is 0. The first kappa shape index (κ1) is 21.4. The Labute approximate surface area is 164 Å². The van der Waals surface area contributed by atoms with E-state index < -0.39 is 0 Å². The van der Waals surface area contributed by atoms with E-state index in [1.165, 1.54) is 12.1 Å². The maximum Gasteiger partial charge on any atom is 0.238 e. The van der Waals surface area contributed by atoms with Crippen LogP contribution in [0, 0.1) is 5.82 Å². The summed E-state index contributed by atoms with van der Waals surface area (Å²) in [5.41, 5.74) is 1.54. The van der Waals surface area contributed by atoms with E-state index in [4.69, 9.17) is 4.74 Å². The third-order valence-corrected chi connectivity index (χ3v) is 4.21. The summed E-state index contributed by atoms with van der Waals surface area (Å²) in [7, 11) is 1.54. The van der Waals surface area contributed by atoms with Crippen LogP contribution in [0.15, 0.2) is 48.5 Å². The molecule has 0 bridgehead atoms. The van der Waals surface area contributed by atoms with Crippen LogP contribution in [0.25, 0.3) is 0 Å². The van der Waals surface area contributed by atoms with Crippen molar-refractivity contribution in [3.63, 3.8) is 0 Å². The summed E-state index contributed by atoms with van der Waals surface area (Å²) in [5, 5.41) is 5.63. The topological polar surface area (TPSA) is 70.7 Å². The van der Waals surface area contributed by atoms with Gasteiger partial charge < -0.3 is 15.4 Å². The molecule has 0 fully saturated rings. The zero-order valence-corrected chi connectivity index (χ0v) is 16.2. The SMILES string of the molecule is CCN(CC(=O)NCCc1ccc(F)cc1)CC(=O)Nc1ccccc1OC. The summed E-state index contributed by atoms with van der Waals surface area (Å²) in [6.45, 7) is 3.13. The Hall–Kier alpha value is -2.93. The minimum absolute atomic E-state index is 0.0972. The fourth-order valence-electron chi connectivity index (χ4n) is 2.68. The lowest BCUT2D eigenvalue weighted by Crippen LogP contribution is -2.41. The molecule has 2 rings (SSSR count). The zero-order valence-electron chi connectivity index (χ0n) is 16.2. The zero-order chi connectivity index (χ0) is 20.4. The highest BCUT2D eigenvalue weighted by Crippen LogP contribution is 2.22. The largest absolute Gasteiger partial charge is 0.495 e. The van der Waals surface area contributed by atoms with Crippen molar-refractivity contribution in [3.8, 4) is 5.75 Å². The molecule has 0 spiro atoms. The molecule has 6 nitrogen and oxygen atoms in total. The molecule has 0 unspecified atom stereocenters. The second-order valence-electron chi connectivity index (χ2n) is 6.28. The highest BCUT2D eigenvalue weighted by Gasteiger charge is 2.14. The molecule has 150 valence electrons. The van der Waals surface area contributed by atoms with Gasteiger partial charge in [0.2, 0.25) is 11.8 Å². The molecule has 0 heterocycles. The van der Waals surface area contributed by atoms with Gasteiger partial charge in [-0.15, -0.1) is 0 Å². The number of carbonyl (C=O) groups excluding carboxylic acids is 2. The summed E-state index contributed by atoms with van der Waals surface area (Å²) in [6.07, 6.45) is 0.617. The Morgan fingerprint density at radius 2 is 1.71 bits per heavy atom. The van der Waals surface area contributed by atoms with E-state index in [-0.39, 0.29) is 30.7 Å².